The van der Waals surface area contributed by atoms with Gasteiger partial charge < -0.3 is 10.4 Å². The normalized spacial score (nSPS) is 12.5. The molecule has 1 atom stereocenters. The fourth-order valence-corrected chi connectivity index (χ4v) is 2.74. The number of aliphatic carboxylic acids is 1. The van der Waals surface area contributed by atoms with E-state index in [-0.39, 0.29) is 28.6 Å². The van der Waals surface area contributed by atoms with Crippen LogP contribution in [0.1, 0.15) is 44.0 Å². The second-order valence-electron chi connectivity index (χ2n) is 6.84. The Labute approximate surface area is 147 Å². The Bertz CT molecular complexity index is 566. The summed E-state index contributed by atoms with van der Waals surface area (Å²) in [5.41, 5.74) is 0.619. The molecule has 0 aliphatic rings. The van der Waals surface area contributed by atoms with Crippen LogP contribution in [0.5, 0.6) is 0 Å². The maximum Gasteiger partial charge on any atom is 0.326 e. The number of thioether (sulfide) groups is 1. The number of carbonyl (C=O) groups is 3. The highest BCUT2D eigenvalue weighted by atomic mass is 32.2. The summed E-state index contributed by atoms with van der Waals surface area (Å²) in [6.07, 6.45) is 1.09. The predicted molar refractivity (Wildman–Crippen MR) is 96.4 cm³/mol. The molecule has 1 aromatic carbocycles. The van der Waals surface area contributed by atoms with Gasteiger partial charge in [0.15, 0.2) is 5.78 Å². The SMILES string of the molecule is CC(C)(C)CCC(NC(=O)CSCC(=O)c1ccccc1)C(=O)O. The molecule has 1 unspecified atom stereocenters. The number of carbonyl (C=O) groups excluding carboxylic acids is 2. The molecule has 6 heteroatoms. The van der Waals surface area contributed by atoms with Gasteiger partial charge in [0.25, 0.3) is 0 Å². The van der Waals surface area contributed by atoms with Crippen molar-refractivity contribution in [3.63, 3.8) is 0 Å². The zero-order chi connectivity index (χ0) is 18.2. The molecule has 24 heavy (non-hydrogen) atoms. The number of carboxylic acid groups (broad SMARTS) is 1. The van der Waals surface area contributed by atoms with Crippen LogP contribution in [0.2, 0.25) is 0 Å². The second kappa shape index (κ2) is 9.47. The molecule has 0 radical (unpaired) electrons. The zero-order valence-corrected chi connectivity index (χ0v) is 15.2. The standard InChI is InChI=1S/C18H25NO4S/c1-18(2,3)10-9-14(17(22)23)19-16(21)12-24-11-15(20)13-7-5-4-6-8-13/h4-8,14H,9-12H2,1-3H3,(H,19,21)(H,22,23). The number of amides is 1. The Balaban J connectivity index is 2.38. The van der Waals surface area contributed by atoms with Crippen LogP contribution in [0.15, 0.2) is 30.3 Å². The van der Waals surface area contributed by atoms with Gasteiger partial charge in [-0.05, 0) is 18.3 Å². The highest BCUT2D eigenvalue weighted by molar-refractivity contribution is 8.00. The molecular weight excluding hydrogens is 326 g/mol. The highest BCUT2D eigenvalue weighted by Gasteiger charge is 2.22. The van der Waals surface area contributed by atoms with E-state index in [1.54, 1.807) is 24.3 Å². The number of hydrogen-bond acceptors (Lipinski definition) is 4. The van der Waals surface area contributed by atoms with E-state index in [0.29, 0.717) is 18.4 Å². The predicted octanol–water partition coefficient (Wildman–Crippen LogP) is 3.00. The van der Waals surface area contributed by atoms with E-state index >= 15 is 0 Å². The lowest BCUT2D eigenvalue weighted by Gasteiger charge is -2.21. The average molecular weight is 351 g/mol. The summed E-state index contributed by atoms with van der Waals surface area (Å²) in [6.45, 7) is 6.08. The van der Waals surface area contributed by atoms with Gasteiger partial charge in [0.2, 0.25) is 5.91 Å². The first-order valence-electron chi connectivity index (χ1n) is 7.87. The molecule has 5 nitrogen and oxygen atoms in total. The first-order valence-corrected chi connectivity index (χ1v) is 9.02. The minimum absolute atomic E-state index is 0.00921. The number of Topliss-reactive ketones (excluding diaryl/α,β-unsaturated/α-hetero) is 1. The molecule has 0 fully saturated rings. The number of hydrogen-bond donors (Lipinski definition) is 2. The summed E-state index contributed by atoms with van der Waals surface area (Å²) < 4.78 is 0. The lowest BCUT2D eigenvalue weighted by molar-refractivity contribution is -0.141. The van der Waals surface area contributed by atoms with Gasteiger partial charge in [-0.2, -0.15) is 0 Å². The van der Waals surface area contributed by atoms with Crippen LogP contribution in [0.25, 0.3) is 0 Å². The molecule has 0 heterocycles. The van der Waals surface area contributed by atoms with Gasteiger partial charge >= 0.3 is 5.97 Å². The van der Waals surface area contributed by atoms with Crippen molar-refractivity contribution < 1.29 is 19.5 Å². The summed E-state index contributed by atoms with van der Waals surface area (Å²) in [7, 11) is 0. The van der Waals surface area contributed by atoms with Crippen molar-refractivity contribution in [1.29, 1.82) is 0 Å². The van der Waals surface area contributed by atoms with E-state index in [2.05, 4.69) is 5.32 Å². The summed E-state index contributed by atoms with van der Waals surface area (Å²) in [5, 5.41) is 11.7. The van der Waals surface area contributed by atoms with Crippen LogP contribution >= 0.6 is 11.8 Å². The molecule has 0 bridgehead atoms. The Morgan fingerprint density at radius 1 is 1.12 bits per heavy atom. The number of benzene rings is 1. The van der Waals surface area contributed by atoms with Crippen LogP contribution < -0.4 is 5.32 Å². The van der Waals surface area contributed by atoms with Gasteiger partial charge in [0.1, 0.15) is 6.04 Å². The van der Waals surface area contributed by atoms with Gasteiger partial charge in [0.05, 0.1) is 11.5 Å². The smallest absolute Gasteiger partial charge is 0.326 e. The minimum Gasteiger partial charge on any atom is -0.480 e. The molecule has 2 N–H and O–H groups in total. The molecule has 1 aromatic rings. The van der Waals surface area contributed by atoms with Gasteiger partial charge in [-0.15, -0.1) is 11.8 Å². The Morgan fingerprint density at radius 2 is 1.75 bits per heavy atom. The van der Waals surface area contributed by atoms with Crippen LogP contribution in [-0.2, 0) is 9.59 Å². The summed E-state index contributed by atoms with van der Waals surface area (Å²) >= 11 is 1.19. The molecule has 0 aliphatic heterocycles. The van der Waals surface area contributed by atoms with Crippen molar-refractivity contribution in [3.05, 3.63) is 35.9 Å². The van der Waals surface area contributed by atoms with Crippen LogP contribution in [0.3, 0.4) is 0 Å². The molecule has 0 spiro atoms. The van der Waals surface area contributed by atoms with Gasteiger partial charge in [-0.25, -0.2) is 4.79 Å². The minimum atomic E-state index is -1.03. The van der Waals surface area contributed by atoms with Crippen molar-refractivity contribution in [2.24, 2.45) is 5.41 Å². The third kappa shape index (κ3) is 8.15. The Kier molecular flexibility index (Phi) is 7.98. The number of nitrogens with one attached hydrogen (secondary N) is 1. The van der Waals surface area contributed by atoms with Crippen molar-refractivity contribution in [1.82, 2.24) is 5.32 Å². The molecule has 0 saturated carbocycles. The molecule has 0 aliphatic carbocycles. The molecule has 0 aromatic heterocycles. The van der Waals surface area contributed by atoms with E-state index in [0.717, 1.165) is 0 Å². The maximum absolute atomic E-state index is 11.9. The number of ketones is 1. The van der Waals surface area contributed by atoms with Crippen molar-refractivity contribution >= 4 is 29.4 Å². The largest absolute Gasteiger partial charge is 0.480 e. The topological polar surface area (TPSA) is 83.5 Å². The monoisotopic (exact) mass is 351 g/mol. The highest BCUT2D eigenvalue weighted by Crippen LogP contribution is 2.21. The van der Waals surface area contributed by atoms with Gasteiger partial charge in [0, 0.05) is 5.56 Å². The van der Waals surface area contributed by atoms with E-state index in [4.69, 9.17) is 0 Å². The van der Waals surface area contributed by atoms with E-state index in [9.17, 15) is 19.5 Å². The number of carboxylic acids is 1. The maximum atomic E-state index is 11.9. The van der Waals surface area contributed by atoms with Crippen LogP contribution in [0.4, 0.5) is 0 Å². The van der Waals surface area contributed by atoms with Gasteiger partial charge in [-0.3, -0.25) is 9.59 Å². The Morgan fingerprint density at radius 3 is 2.29 bits per heavy atom. The van der Waals surface area contributed by atoms with E-state index < -0.39 is 12.0 Å². The second-order valence-corrected chi connectivity index (χ2v) is 7.83. The number of rotatable bonds is 9. The quantitative estimate of drug-likeness (QED) is 0.668. The average Bonchev–Trinajstić information content (AvgIpc) is 2.51. The Hall–Kier alpha value is -1.82. The first-order chi connectivity index (χ1) is 11.2. The molecule has 0 saturated heterocycles. The molecule has 1 rings (SSSR count). The zero-order valence-electron chi connectivity index (χ0n) is 14.4. The fourth-order valence-electron chi connectivity index (χ4n) is 2.01. The van der Waals surface area contributed by atoms with Crippen molar-refractivity contribution in [2.75, 3.05) is 11.5 Å². The summed E-state index contributed by atoms with van der Waals surface area (Å²) in [5.74, 6) is -1.18. The van der Waals surface area contributed by atoms with Crippen LogP contribution in [-0.4, -0.2) is 40.3 Å². The molecule has 132 valence electrons. The van der Waals surface area contributed by atoms with E-state index in [1.807, 2.05) is 26.8 Å². The van der Waals surface area contributed by atoms with Crippen molar-refractivity contribution in [3.8, 4) is 0 Å². The lowest BCUT2D eigenvalue weighted by Crippen LogP contribution is -2.42. The van der Waals surface area contributed by atoms with E-state index in [1.165, 1.54) is 11.8 Å². The summed E-state index contributed by atoms with van der Waals surface area (Å²) in [4.78, 5) is 35.1. The lowest BCUT2D eigenvalue weighted by atomic mass is 9.88. The summed E-state index contributed by atoms with van der Waals surface area (Å²) in [6, 6.07) is 7.99. The molecular formula is C18H25NO4S. The third-order valence-electron chi connectivity index (χ3n) is 3.38. The van der Waals surface area contributed by atoms with Crippen molar-refractivity contribution in [2.45, 2.75) is 39.7 Å². The first kappa shape index (κ1) is 20.2. The fraction of sp³-hybridized carbons (Fsp3) is 0.500. The van der Waals surface area contributed by atoms with Crippen LogP contribution in [0, 0.1) is 5.41 Å². The van der Waals surface area contributed by atoms with Gasteiger partial charge in [-0.1, -0.05) is 51.1 Å². The third-order valence-corrected chi connectivity index (χ3v) is 4.31. The molecule has 1 amide bonds.